The highest BCUT2D eigenvalue weighted by Crippen LogP contribution is 2.51. The summed E-state index contributed by atoms with van der Waals surface area (Å²) in [6.07, 6.45) is 0. The topological polar surface area (TPSA) is 13.1 Å². The molecule has 0 fully saturated rings. The van der Waals surface area contributed by atoms with Gasteiger partial charge < -0.3 is 4.42 Å². The largest absolute Gasteiger partial charge is 0.455 e. The van der Waals surface area contributed by atoms with E-state index in [0.717, 1.165) is 11.1 Å². The second-order valence-electron chi connectivity index (χ2n) is 11.0. The van der Waals surface area contributed by atoms with Gasteiger partial charge in [0.2, 0.25) is 0 Å². The maximum absolute atomic E-state index is 9.53. The third kappa shape index (κ3) is 4.56. The lowest BCUT2D eigenvalue weighted by Gasteiger charge is -2.18. The fourth-order valence-corrected chi connectivity index (χ4v) is 6.40. The van der Waals surface area contributed by atoms with Crippen molar-refractivity contribution in [2.24, 2.45) is 0 Å². The Labute approximate surface area is 292 Å². The fraction of sp³-hybridized carbons (Fsp3) is 0. The third-order valence-electron chi connectivity index (χ3n) is 8.42. The molecule has 0 bridgehead atoms. The van der Waals surface area contributed by atoms with Gasteiger partial charge in [-0.2, -0.15) is 0 Å². The lowest BCUT2D eigenvalue weighted by molar-refractivity contribution is 0.633. The number of fused-ring (bicyclic) bond motifs is 3. The SMILES string of the molecule is [2H]c1c([2H])c([2H])c(-c2ccc3c(-c4c5c([2H])c([2H])c([2H])c([2H])c5c(-c5ccccc5)c5c([2H])c([2H])c([2H])c([2H])c45)c(-c4ccccc4-c4ccccc4)oc3c2)c([2H])c1[2H]. The van der Waals surface area contributed by atoms with Gasteiger partial charge in [-0.05, 0) is 67.1 Å². The van der Waals surface area contributed by atoms with Crippen molar-refractivity contribution in [3.8, 4) is 55.8 Å². The summed E-state index contributed by atoms with van der Waals surface area (Å²) in [6, 6.07) is 24.2. The lowest BCUT2D eigenvalue weighted by atomic mass is 9.84. The minimum atomic E-state index is -0.546. The van der Waals surface area contributed by atoms with Crippen LogP contribution in [0.25, 0.3) is 88.3 Å². The molecule has 0 aliphatic heterocycles. The second kappa shape index (κ2) is 11.3. The first-order chi connectivity index (χ1) is 28.7. The Balaban J connectivity index is 1.55. The molecule has 0 unspecified atom stereocenters. The molecular formula is C46H30O. The standard InChI is InChI=1S/C46H30O/c1-4-16-31(17-5-1)34-28-29-41-42(30-34)47-46(40-27-15-10-22-35(40)32-18-6-2-7-19-32)45(41)44-38-25-13-11-23-36(38)43(33-20-8-3-9-21-33)37-24-12-14-26-39(37)44/h1-30H/i1D,4D,5D,11D,12D,13D,14D,16D,17D,23D,24D,25D,26D. The molecule has 47 heavy (non-hydrogen) atoms. The van der Waals surface area contributed by atoms with Crippen LogP contribution in [0.15, 0.2) is 186 Å². The summed E-state index contributed by atoms with van der Waals surface area (Å²) in [5, 5.41) is 0.486. The van der Waals surface area contributed by atoms with Crippen molar-refractivity contribution in [2.75, 3.05) is 0 Å². The van der Waals surface area contributed by atoms with Crippen molar-refractivity contribution in [1.29, 1.82) is 0 Å². The van der Waals surface area contributed by atoms with Crippen LogP contribution < -0.4 is 0 Å². The van der Waals surface area contributed by atoms with E-state index < -0.39 is 78.6 Å². The summed E-state index contributed by atoms with van der Waals surface area (Å²) in [4.78, 5) is 0. The molecule has 0 saturated carbocycles. The highest BCUT2D eigenvalue weighted by molar-refractivity contribution is 6.25. The normalized spacial score (nSPS) is 15.3. The van der Waals surface area contributed by atoms with Crippen LogP contribution in [-0.2, 0) is 0 Å². The molecule has 0 aliphatic carbocycles. The molecule has 0 saturated heterocycles. The van der Waals surface area contributed by atoms with E-state index >= 15 is 0 Å². The zero-order valence-corrected chi connectivity index (χ0v) is 24.7. The predicted octanol–water partition coefficient (Wildman–Crippen LogP) is 13.1. The quantitative estimate of drug-likeness (QED) is 0.176. The fourth-order valence-electron chi connectivity index (χ4n) is 6.40. The molecule has 9 rings (SSSR count). The van der Waals surface area contributed by atoms with Crippen LogP contribution in [0.4, 0.5) is 0 Å². The van der Waals surface area contributed by atoms with Gasteiger partial charge in [-0.3, -0.25) is 0 Å². The molecule has 0 N–H and O–H groups in total. The van der Waals surface area contributed by atoms with Gasteiger partial charge in [-0.25, -0.2) is 0 Å². The van der Waals surface area contributed by atoms with Gasteiger partial charge in [0.25, 0.3) is 0 Å². The average molecular weight is 612 g/mol. The molecule has 8 aromatic carbocycles. The Morgan fingerprint density at radius 2 is 0.894 bits per heavy atom. The number of hydrogen-bond donors (Lipinski definition) is 0. The Hall–Kier alpha value is -6.18. The first-order valence-electron chi connectivity index (χ1n) is 21.5. The Bertz CT molecular complexity index is 3180. The van der Waals surface area contributed by atoms with E-state index in [0.29, 0.717) is 16.5 Å². The van der Waals surface area contributed by atoms with E-state index in [1.54, 1.807) is 48.5 Å². The first-order valence-corrected chi connectivity index (χ1v) is 15.0. The molecule has 220 valence electrons. The van der Waals surface area contributed by atoms with Crippen LogP contribution >= 0.6 is 0 Å². The molecule has 1 aromatic heterocycles. The van der Waals surface area contributed by atoms with E-state index in [1.807, 2.05) is 54.6 Å². The van der Waals surface area contributed by atoms with Crippen LogP contribution in [-0.4, -0.2) is 0 Å². The minimum absolute atomic E-state index is 0.00761. The Morgan fingerprint density at radius 1 is 0.362 bits per heavy atom. The van der Waals surface area contributed by atoms with Gasteiger partial charge in [-0.1, -0.05) is 170 Å². The number of furan rings is 1. The van der Waals surface area contributed by atoms with E-state index in [4.69, 9.17) is 16.8 Å². The van der Waals surface area contributed by atoms with Crippen LogP contribution in [0.1, 0.15) is 17.8 Å². The van der Waals surface area contributed by atoms with Gasteiger partial charge >= 0.3 is 0 Å². The molecule has 0 radical (unpaired) electrons. The van der Waals surface area contributed by atoms with Gasteiger partial charge in [0.05, 0.1) is 17.8 Å². The summed E-state index contributed by atoms with van der Waals surface area (Å²) in [5.41, 5.74) is 3.52. The monoisotopic (exact) mass is 611 g/mol. The molecule has 0 amide bonds. The highest BCUT2D eigenvalue weighted by atomic mass is 16.3. The van der Waals surface area contributed by atoms with Gasteiger partial charge in [0.1, 0.15) is 11.3 Å². The van der Waals surface area contributed by atoms with Gasteiger partial charge in [0.15, 0.2) is 0 Å². The van der Waals surface area contributed by atoms with Crippen LogP contribution in [0.2, 0.25) is 0 Å². The minimum Gasteiger partial charge on any atom is -0.455 e. The molecule has 0 aliphatic rings. The summed E-state index contributed by atoms with van der Waals surface area (Å²) >= 11 is 0. The van der Waals surface area contributed by atoms with Crippen molar-refractivity contribution >= 4 is 32.5 Å². The van der Waals surface area contributed by atoms with E-state index in [1.165, 1.54) is 0 Å². The molecular weight excluding hydrogens is 569 g/mol. The Morgan fingerprint density at radius 3 is 1.53 bits per heavy atom. The van der Waals surface area contributed by atoms with E-state index in [-0.39, 0.29) is 60.7 Å². The van der Waals surface area contributed by atoms with Crippen LogP contribution in [0.5, 0.6) is 0 Å². The van der Waals surface area contributed by atoms with Crippen molar-refractivity contribution in [3.05, 3.63) is 182 Å². The maximum Gasteiger partial charge on any atom is 0.143 e. The van der Waals surface area contributed by atoms with Crippen LogP contribution in [0.3, 0.4) is 0 Å². The predicted molar refractivity (Wildman–Crippen MR) is 198 cm³/mol. The molecule has 1 heterocycles. The lowest BCUT2D eigenvalue weighted by Crippen LogP contribution is -1.92. The zero-order valence-electron chi connectivity index (χ0n) is 37.7. The first kappa shape index (κ1) is 16.9. The van der Waals surface area contributed by atoms with Crippen molar-refractivity contribution in [3.63, 3.8) is 0 Å². The molecule has 0 atom stereocenters. The highest BCUT2D eigenvalue weighted by Gasteiger charge is 2.25. The second-order valence-corrected chi connectivity index (χ2v) is 11.0. The number of benzene rings is 8. The maximum atomic E-state index is 9.53. The van der Waals surface area contributed by atoms with Crippen molar-refractivity contribution < 1.29 is 22.2 Å². The van der Waals surface area contributed by atoms with Crippen molar-refractivity contribution in [1.82, 2.24) is 0 Å². The average Bonchev–Trinajstić information content (AvgIpc) is 3.65. The third-order valence-corrected chi connectivity index (χ3v) is 8.42. The van der Waals surface area contributed by atoms with Gasteiger partial charge in [-0.15, -0.1) is 0 Å². The summed E-state index contributed by atoms with van der Waals surface area (Å²) < 4.78 is 122. The number of rotatable bonds is 5. The summed E-state index contributed by atoms with van der Waals surface area (Å²) in [7, 11) is 0. The Kier molecular flexibility index (Phi) is 4.08. The van der Waals surface area contributed by atoms with Crippen molar-refractivity contribution in [2.45, 2.75) is 0 Å². The summed E-state index contributed by atoms with van der Waals surface area (Å²) in [5.74, 6) is 0.206. The number of hydrogen-bond acceptors (Lipinski definition) is 1. The van der Waals surface area contributed by atoms with Gasteiger partial charge in [0, 0.05) is 22.1 Å². The molecule has 1 heteroatoms. The molecule has 9 aromatic rings. The molecule has 1 nitrogen and oxygen atoms in total. The summed E-state index contributed by atoms with van der Waals surface area (Å²) in [6.45, 7) is 0. The molecule has 0 spiro atoms. The van der Waals surface area contributed by atoms with E-state index in [2.05, 4.69) is 0 Å². The smallest absolute Gasteiger partial charge is 0.143 e. The van der Waals surface area contributed by atoms with E-state index in [9.17, 15) is 5.48 Å². The zero-order chi connectivity index (χ0) is 42.5. The van der Waals surface area contributed by atoms with Crippen LogP contribution in [0, 0.1) is 0 Å².